The van der Waals surface area contributed by atoms with E-state index < -0.39 is 0 Å². The second kappa shape index (κ2) is 6.00. The van der Waals surface area contributed by atoms with Gasteiger partial charge in [-0.05, 0) is 37.3 Å². The highest BCUT2D eigenvalue weighted by molar-refractivity contribution is 5.99. The van der Waals surface area contributed by atoms with Gasteiger partial charge in [0.1, 0.15) is 0 Å². The minimum Gasteiger partial charge on any atom is -0.398 e. The quantitative estimate of drug-likeness (QED) is 0.370. The third-order valence-corrected chi connectivity index (χ3v) is 2.97. The van der Waals surface area contributed by atoms with E-state index in [0.29, 0.717) is 17.2 Å². The zero-order chi connectivity index (χ0) is 12.8. The van der Waals surface area contributed by atoms with Crippen molar-refractivity contribution in [1.29, 1.82) is 0 Å². The molecule has 0 radical (unpaired) electrons. The molecule has 0 bridgehead atoms. The third kappa shape index (κ3) is 3.20. The average Bonchev–Trinajstić information content (AvgIpc) is 2.40. The maximum absolute atomic E-state index is 11.8. The molecule has 0 saturated carbocycles. The van der Waals surface area contributed by atoms with Crippen molar-refractivity contribution in [3.8, 4) is 0 Å². The van der Waals surface area contributed by atoms with Crippen LogP contribution in [0.2, 0.25) is 0 Å². The van der Waals surface area contributed by atoms with E-state index in [1.54, 1.807) is 30.5 Å². The average molecular weight is 243 g/mol. The lowest BCUT2D eigenvalue weighted by molar-refractivity contribution is 0.0956. The molecule has 0 heterocycles. The predicted octanol–water partition coefficient (Wildman–Crippen LogP) is 2.34. The van der Waals surface area contributed by atoms with Crippen LogP contribution in [0, 0.1) is 5.92 Å². The summed E-state index contributed by atoms with van der Waals surface area (Å²) in [6.07, 6.45) is 9.29. The Morgan fingerprint density at radius 1 is 1.39 bits per heavy atom. The summed E-state index contributed by atoms with van der Waals surface area (Å²) >= 11 is 0. The normalized spacial score (nSPS) is 19.0. The van der Waals surface area contributed by atoms with Crippen LogP contribution in [-0.4, -0.2) is 12.1 Å². The van der Waals surface area contributed by atoms with Crippen LogP contribution in [-0.2, 0) is 0 Å². The molecule has 1 aliphatic rings. The lowest BCUT2D eigenvalue weighted by Gasteiger charge is -2.11. The Balaban J connectivity index is 1.90. The zero-order valence-electron chi connectivity index (χ0n) is 10.2. The second-order valence-corrected chi connectivity index (χ2v) is 4.35. The van der Waals surface area contributed by atoms with Gasteiger partial charge in [-0.1, -0.05) is 24.3 Å². The van der Waals surface area contributed by atoms with Gasteiger partial charge >= 0.3 is 0 Å². The first-order valence-corrected chi connectivity index (χ1v) is 6.10. The molecule has 1 aliphatic carbocycles. The second-order valence-electron chi connectivity index (χ2n) is 4.35. The summed E-state index contributed by atoms with van der Waals surface area (Å²) in [4.78, 5) is 11.8. The summed E-state index contributed by atoms with van der Waals surface area (Å²) in [5, 5.41) is 4.00. The van der Waals surface area contributed by atoms with Crippen molar-refractivity contribution < 1.29 is 4.79 Å². The predicted molar refractivity (Wildman–Crippen MR) is 73.3 cm³/mol. The van der Waals surface area contributed by atoms with Crippen LogP contribution in [0.4, 0.5) is 5.69 Å². The molecule has 2 rings (SSSR count). The van der Waals surface area contributed by atoms with Gasteiger partial charge in [-0.2, -0.15) is 5.10 Å². The largest absolute Gasteiger partial charge is 0.398 e. The molecule has 4 nitrogen and oxygen atoms in total. The smallest absolute Gasteiger partial charge is 0.273 e. The van der Waals surface area contributed by atoms with Crippen molar-refractivity contribution in [2.24, 2.45) is 11.0 Å². The van der Waals surface area contributed by atoms with Crippen molar-refractivity contribution in [2.75, 3.05) is 5.73 Å². The molecule has 1 aromatic carbocycles. The van der Waals surface area contributed by atoms with E-state index in [9.17, 15) is 4.79 Å². The van der Waals surface area contributed by atoms with Gasteiger partial charge in [0.05, 0.1) is 5.56 Å². The number of nitrogens with zero attached hydrogens (tertiary/aromatic N) is 1. The fraction of sp³-hybridized carbons (Fsp3) is 0.286. The number of rotatable bonds is 3. The maximum atomic E-state index is 11.8. The molecule has 0 saturated heterocycles. The van der Waals surface area contributed by atoms with Gasteiger partial charge in [0.2, 0.25) is 0 Å². The van der Waals surface area contributed by atoms with Gasteiger partial charge in [-0.15, -0.1) is 0 Å². The molecule has 1 aromatic rings. The summed E-state index contributed by atoms with van der Waals surface area (Å²) in [5.74, 6) is 0.152. The van der Waals surface area contributed by atoms with E-state index in [-0.39, 0.29) is 5.91 Å². The van der Waals surface area contributed by atoms with Crippen LogP contribution in [0.5, 0.6) is 0 Å². The number of carbonyl (C=O) groups excluding carboxylic acids is 1. The number of anilines is 1. The van der Waals surface area contributed by atoms with Crippen LogP contribution in [0.3, 0.4) is 0 Å². The summed E-state index contributed by atoms with van der Waals surface area (Å²) in [6, 6.07) is 6.96. The summed E-state index contributed by atoms with van der Waals surface area (Å²) in [6.45, 7) is 0. The van der Waals surface area contributed by atoms with Crippen LogP contribution < -0.4 is 11.2 Å². The Morgan fingerprint density at radius 3 is 2.94 bits per heavy atom. The topological polar surface area (TPSA) is 67.5 Å². The first-order valence-electron chi connectivity index (χ1n) is 6.10. The summed E-state index contributed by atoms with van der Waals surface area (Å²) < 4.78 is 0. The summed E-state index contributed by atoms with van der Waals surface area (Å²) in [5.41, 5.74) is 9.15. The number of nitrogens with two attached hydrogens (primary N) is 1. The lowest BCUT2D eigenvalue weighted by atomic mass is 9.96. The molecule has 1 amide bonds. The number of nitrogen functional groups attached to an aromatic ring is 1. The molecule has 0 fully saturated rings. The van der Waals surface area contributed by atoms with Gasteiger partial charge in [-0.25, -0.2) is 5.43 Å². The van der Waals surface area contributed by atoms with E-state index in [4.69, 9.17) is 5.73 Å². The molecule has 4 heteroatoms. The van der Waals surface area contributed by atoms with Gasteiger partial charge < -0.3 is 5.73 Å². The standard InChI is InChI=1S/C14H17N3O/c15-13-9-5-4-8-12(13)14(18)17-16-10-11-6-2-1-3-7-11/h1-2,4-5,8-11H,3,6-7,15H2,(H,17,18)/b16-10+. The van der Waals surface area contributed by atoms with E-state index in [0.717, 1.165) is 19.3 Å². The number of allylic oxidation sites excluding steroid dienone is 2. The first kappa shape index (κ1) is 12.4. The van der Waals surface area contributed by atoms with Crippen LogP contribution in [0.25, 0.3) is 0 Å². The maximum Gasteiger partial charge on any atom is 0.273 e. The third-order valence-electron chi connectivity index (χ3n) is 2.97. The number of amides is 1. The van der Waals surface area contributed by atoms with Crippen molar-refractivity contribution >= 4 is 17.8 Å². The summed E-state index contributed by atoms with van der Waals surface area (Å²) in [7, 11) is 0. The fourth-order valence-electron chi connectivity index (χ4n) is 1.92. The Hall–Kier alpha value is -2.10. The Bertz CT molecular complexity index is 480. The number of hydrazone groups is 1. The Labute approximate surface area is 107 Å². The molecule has 0 aliphatic heterocycles. The van der Waals surface area contributed by atoms with Gasteiger partial charge in [-0.3, -0.25) is 4.79 Å². The lowest BCUT2D eigenvalue weighted by Crippen LogP contribution is -2.20. The number of nitrogens with one attached hydrogen (secondary N) is 1. The monoisotopic (exact) mass is 243 g/mol. The molecular weight excluding hydrogens is 226 g/mol. The molecule has 0 aromatic heterocycles. The molecule has 0 spiro atoms. The molecule has 3 N–H and O–H groups in total. The van der Waals surface area contributed by atoms with Crippen LogP contribution in [0.15, 0.2) is 41.5 Å². The molecule has 18 heavy (non-hydrogen) atoms. The first-order chi connectivity index (χ1) is 8.77. The Kier molecular flexibility index (Phi) is 4.12. The van der Waals surface area contributed by atoms with Gasteiger partial charge in [0.25, 0.3) is 5.91 Å². The fourth-order valence-corrected chi connectivity index (χ4v) is 1.92. The van der Waals surface area contributed by atoms with Crippen molar-refractivity contribution in [3.05, 3.63) is 42.0 Å². The highest BCUT2D eigenvalue weighted by atomic mass is 16.2. The zero-order valence-corrected chi connectivity index (χ0v) is 10.2. The van der Waals surface area contributed by atoms with Crippen LogP contribution in [0.1, 0.15) is 29.6 Å². The van der Waals surface area contributed by atoms with Gasteiger partial charge in [0.15, 0.2) is 0 Å². The van der Waals surface area contributed by atoms with Crippen LogP contribution >= 0.6 is 0 Å². The van der Waals surface area contributed by atoms with Crippen molar-refractivity contribution in [2.45, 2.75) is 19.3 Å². The number of carbonyl (C=O) groups is 1. The number of hydrogen-bond acceptors (Lipinski definition) is 3. The number of hydrogen-bond donors (Lipinski definition) is 2. The van der Waals surface area contributed by atoms with E-state index in [1.807, 2.05) is 0 Å². The van der Waals surface area contributed by atoms with Gasteiger partial charge in [0, 0.05) is 11.9 Å². The SMILES string of the molecule is Nc1ccccc1C(=O)N/N=C/C1CC=CCC1. The number of para-hydroxylation sites is 1. The molecule has 1 unspecified atom stereocenters. The van der Waals surface area contributed by atoms with E-state index in [1.165, 1.54) is 0 Å². The van der Waals surface area contributed by atoms with Crippen molar-refractivity contribution in [1.82, 2.24) is 5.43 Å². The molecule has 1 atom stereocenters. The molecule has 94 valence electrons. The minimum absolute atomic E-state index is 0.268. The highest BCUT2D eigenvalue weighted by Crippen LogP contribution is 2.15. The Morgan fingerprint density at radius 2 is 2.22 bits per heavy atom. The highest BCUT2D eigenvalue weighted by Gasteiger charge is 2.09. The van der Waals surface area contributed by atoms with E-state index >= 15 is 0 Å². The van der Waals surface area contributed by atoms with E-state index in [2.05, 4.69) is 22.7 Å². The molecular formula is C14H17N3O. The minimum atomic E-state index is -0.268. The van der Waals surface area contributed by atoms with Crippen molar-refractivity contribution in [3.63, 3.8) is 0 Å². The number of benzene rings is 1.